The Balaban J connectivity index is 2.96. The smallest absolute Gasteiger partial charge is 0.213 e. The minimum Gasteiger partial charge on any atom is -0.481 e. The zero-order valence-corrected chi connectivity index (χ0v) is 6.16. The van der Waals surface area contributed by atoms with Gasteiger partial charge in [0.05, 0.1) is 7.11 Å². The summed E-state index contributed by atoms with van der Waals surface area (Å²) >= 11 is 0. The molecule has 0 atom stereocenters. The summed E-state index contributed by atoms with van der Waals surface area (Å²) in [5, 5.41) is 3.97. The number of aromatic nitrogens is 2. The first-order valence-electron chi connectivity index (χ1n) is 3.15. The first-order chi connectivity index (χ1) is 4.77. The van der Waals surface area contributed by atoms with Crippen molar-refractivity contribution in [2.75, 3.05) is 12.8 Å². The summed E-state index contributed by atoms with van der Waals surface area (Å²) in [6, 6.07) is 1.70. The normalized spacial score (nSPS) is 9.80. The Morgan fingerprint density at radius 2 is 2.50 bits per heavy atom. The predicted octanol–water partition coefficient (Wildman–Crippen LogP) is 0.494. The van der Waals surface area contributed by atoms with E-state index in [9.17, 15) is 0 Å². The minimum absolute atomic E-state index is 0.499. The second-order valence-corrected chi connectivity index (χ2v) is 1.93. The number of aryl methyl sites for hydroxylation is 1. The highest BCUT2D eigenvalue weighted by atomic mass is 16.5. The van der Waals surface area contributed by atoms with Crippen molar-refractivity contribution in [3.05, 3.63) is 6.07 Å². The van der Waals surface area contributed by atoms with E-state index >= 15 is 0 Å². The highest BCUT2D eigenvalue weighted by Gasteiger charge is 2.01. The molecule has 0 aromatic carbocycles. The fraction of sp³-hybridized carbons (Fsp3) is 0.500. The molecule has 4 nitrogen and oxygen atoms in total. The zero-order valence-electron chi connectivity index (χ0n) is 6.16. The van der Waals surface area contributed by atoms with Crippen LogP contribution in [-0.4, -0.2) is 16.9 Å². The van der Waals surface area contributed by atoms with Crippen LogP contribution in [-0.2, 0) is 6.54 Å². The van der Waals surface area contributed by atoms with Crippen LogP contribution in [0.4, 0.5) is 5.82 Å². The maximum absolute atomic E-state index is 5.42. The summed E-state index contributed by atoms with van der Waals surface area (Å²) in [5.41, 5.74) is 5.42. The molecule has 1 rings (SSSR count). The Kier molecular flexibility index (Phi) is 1.80. The fourth-order valence-electron chi connectivity index (χ4n) is 0.809. The van der Waals surface area contributed by atoms with E-state index in [1.54, 1.807) is 17.9 Å². The van der Waals surface area contributed by atoms with Gasteiger partial charge >= 0.3 is 0 Å². The Labute approximate surface area is 59.6 Å². The van der Waals surface area contributed by atoms with Crippen molar-refractivity contribution in [2.24, 2.45) is 0 Å². The average molecular weight is 141 g/mol. The number of hydrogen-bond donors (Lipinski definition) is 1. The van der Waals surface area contributed by atoms with E-state index in [0.717, 1.165) is 6.54 Å². The SMILES string of the molecule is CCn1nc(N)cc1OC. The summed E-state index contributed by atoms with van der Waals surface area (Å²) in [4.78, 5) is 0. The van der Waals surface area contributed by atoms with Crippen molar-refractivity contribution < 1.29 is 4.74 Å². The Bertz CT molecular complexity index is 197. The van der Waals surface area contributed by atoms with E-state index in [2.05, 4.69) is 5.10 Å². The van der Waals surface area contributed by atoms with E-state index in [1.807, 2.05) is 6.92 Å². The Hall–Kier alpha value is -1.19. The molecule has 0 amide bonds. The molecular weight excluding hydrogens is 130 g/mol. The van der Waals surface area contributed by atoms with Crippen LogP contribution in [0.15, 0.2) is 6.07 Å². The molecule has 10 heavy (non-hydrogen) atoms. The standard InChI is InChI=1S/C6H11N3O/c1-3-9-6(10-2)4-5(7)8-9/h4H,3H2,1-2H3,(H2,7,8). The number of anilines is 1. The third-order valence-corrected chi connectivity index (χ3v) is 1.27. The summed E-state index contributed by atoms with van der Waals surface area (Å²) in [6.45, 7) is 2.76. The lowest BCUT2D eigenvalue weighted by Crippen LogP contribution is -1.99. The second-order valence-electron chi connectivity index (χ2n) is 1.93. The zero-order chi connectivity index (χ0) is 7.56. The van der Waals surface area contributed by atoms with Gasteiger partial charge in [-0.25, -0.2) is 4.68 Å². The van der Waals surface area contributed by atoms with Crippen LogP contribution < -0.4 is 10.5 Å². The molecule has 4 heteroatoms. The lowest BCUT2D eigenvalue weighted by Gasteiger charge is -1.99. The molecule has 0 aliphatic carbocycles. The summed E-state index contributed by atoms with van der Waals surface area (Å²) < 4.78 is 6.68. The molecule has 0 radical (unpaired) electrons. The molecule has 56 valence electrons. The summed E-state index contributed by atoms with van der Waals surface area (Å²) in [5.74, 6) is 1.21. The van der Waals surface area contributed by atoms with Crippen molar-refractivity contribution in [2.45, 2.75) is 13.5 Å². The maximum Gasteiger partial charge on any atom is 0.213 e. The van der Waals surface area contributed by atoms with E-state index < -0.39 is 0 Å². The third kappa shape index (κ3) is 1.05. The van der Waals surface area contributed by atoms with Crippen molar-refractivity contribution in [1.82, 2.24) is 9.78 Å². The quantitative estimate of drug-likeness (QED) is 0.652. The van der Waals surface area contributed by atoms with Gasteiger partial charge in [0.1, 0.15) is 5.82 Å². The van der Waals surface area contributed by atoms with Crippen molar-refractivity contribution in [3.63, 3.8) is 0 Å². The highest BCUT2D eigenvalue weighted by Crippen LogP contribution is 2.13. The highest BCUT2D eigenvalue weighted by molar-refractivity contribution is 5.32. The summed E-state index contributed by atoms with van der Waals surface area (Å²) in [7, 11) is 1.60. The molecular formula is C6H11N3O. The molecule has 1 aromatic rings. The largest absolute Gasteiger partial charge is 0.481 e. The van der Waals surface area contributed by atoms with Gasteiger partial charge in [-0.1, -0.05) is 0 Å². The van der Waals surface area contributed by atoms with Gasteiger partial charge in [0, 0.05) is 12.6 Å². The molecule has 0 fully saturated rings. The van der Waals surface area contributed by atoms with E-state index in [1.165, 1.54) is 0 Å². The van der Waals surface area contributed by atoms with Gasteiger partial charge in [0.2, 0.25) is 5.88 Å². The second kappa shape index (κ2) is 2.60. The molecule has 0 unspecified atom stereocenters. The van der Waals surface area contributed by atoms with Gasteiger partial charge in [-0.3, -0.25) is 0 Å². The maximum atomic E-state index is 5.42. The van der Waals surface area contributed by atoms with Crippen LogP contribution in [0, 0.1) is 0 Å². The molecule has 0 aliphatic heterocycles. The van der Waals surface area contributed by atoms with Gasteiger partial charge in [-0.2, -0.15) is 5.10 Å². The van der Waals surface area contributed by atoms with E-state index in [4.69, 9.17) is 10.5 Å². The van der Waals surface area contributed by atoms with Crippen molar-refractivity contribution >= 4 is 5.82 Å². The van der Waals surface area contributed by atoms with Gasteiger partial charge in [-0.15, -0.1) is 0 Å². The average Bonchev–Trinajstić information content (AvgIpc) is 2.30. The molecule has 1 aromatic heterocycles. The number of ether oxygens (including phenoxy) is 1. The predicted molar refractivity (Wildman–Crippen MR) is 38.9 cm³/mol. The van der Waals surface area contributed by atoms with Gasteiger partial charge in [0.15, 0.2) is 0 Å². The number of nitrogens with zero attached hydrogens (tertiary/aromatic N) is 2. The van der Waals surface area contributed by atoms with Crippen LogP contribution in [0.5, 0.6) is 5.88 Å². The fourth-order valence-corrected chi connectivity index (χ4v) is 0.809. The molecule has 0 aliphatic rings. The van der Waals surface area contributed by atoms with Gasteiger partial charge in [-0.05, 0) is 6.92 Å². The van der Waals surface area contributed by atoms with Crippen LogP contribution in [0.2, 0.25) is 0 Å². The lowest BCUT2D eigenvalue weighted by molar-refractivity contribution is 0.364. The molecule has 1 heterocycles. The van der Waals surface area contributed by atoms with Gasteiger partial charge in [0.25, 0.3) is 0 Å². The number of rotatable bonds is 2. The molecule has 0 saturated heterocycles. The molecule has 2 N–H and O–H groups in total. The number of nitrogen functional groups attached to an aromatic ring is 1. The van der Waals surface area contributed by atoms with E-state index in [0.29, 0.717) is 11.7 Å². The lowest BCUT2D eigenvalue weighted by atomic mass is 10.6. The first kappa shape index (κ1) is 6.92. The molecule has 0 spiro atoms. The van der Waals surface area contributed by atoms with Crippen molar-refractivity contribution in [1.29, 1.82) is 0 Å². The monoisotopic (exact) mass is 141 g/mol. The van der Waals surface area contributed by atoms with E-state index in [-0.39, 0.29) is 0 Å². The number of nitrogens with two attached hydrogens (primary N) is 1. The molecule has 0 saturated carbocycles. The van der Waals surface area contributed by atoms with Crippen molar-refractivity contribution in [3.8, 4) is 5.88 Å². The number of hydrogen-bond acceptors (Lipinski definition) is 3. The third-order valence-electron chi connectivity index (χ3n) is 1.27. The Morgan fingerprint density at radius 3 is 2.90 bits per heavy atom. The summed E-state index contributed by atoms with van der Waals surface area (Å²) in [6.07, 6.45) is 0. The van der Waals surface area contributed by atoms with Crippen LogP contribution >= 0.6 is 0 Å². The van der Waals surface area contributed by atoms with Crippen LogP contribution in [0.3, 0.4) is 0 Å². The van der Waals surface area contributed by atoms with Gasteiger partial charge < -0.3 is 10.5 Å². The number of methoxy groups -OCH3 is 1. The van der Waals surface area contributed by atoms with Crippen LogP contribution in [0.25, 0.3) is 0 Å². The topological polar surface area (TPSA) is 53.1 Å². The minimum atomic E-state index is 0.499. The molecule has 0 bridgehead atoms. The van der Waals surface area contributed by atoms with Crippen LogP contribution in [0.1, 0.15) is 6.92 Å². The first-order valence-corrected chi connectivity index (χ1v) is 3.15. The Morgan fingerprint density at radius 1 is 1.80 bits per heavy atom.